The molecule has 2 heterocycles. The van der Waals surface area contributed by atoms with Crippen LogP contribution in [0.3, 0.4) is 0 Å². The normalized spacial score (nSPS) is 19.8. The lowest BCUT2D eigenvalue weighted by Gasteiger charge is -2.34. The SMILES string of the molecule is CCOC1CCCN(c2cccnc2C(N)=S)C1. The lowest BCUT2D eigenvalue weighted by Crippen LogP contribution is -2.40. The van der Waals surface area contributed by atoms with Crippen LogP contribution in [0.2, 0.25) is 0 Å². The number of ether oxygens (including phenoxy) is 1. The highest BCUT2D eigenvalue weighted by Gasteiger charge is 2.22. The molecule has 0 aliphatic carbocycles. The summed E-state index contributed by atoms with van der Waals surface area (Å²) in [6, 6.07) is 3.94. The van der Waals surface area contributed by atoms with Gasteiger partial charge in [-0.1, -0.05) is 12.2 Å². The van der Waals surface area contributed by atoms with Crippen LogP contribution in [-0.2, 0) is 4.74 Å². The minimum atomic E-state index is 0.295. The molecule has 4 nitrogen and oxygen atoms in total. The van der Waals surface area contributed by atoms with Crippen molar-refractivity contribution >= 4 is 22.9 Å². The first-order chi connectivity index (χ1) is 8.72. The van der Waals surface area contributed by atoms with Crippen molar-refractivity contribution in [3.63, 3.8) is 0 Å². The summed E-state index contributed by atoms with van der Waals surface area (Å²) in [4.78, 5) is 6.90. The van der Waals surface area contributed by atoms with Gasteiger partial charge in [0, 0.05) is 25.9 Å². The molecule has 0 radical (unpaired) electrons. The molecule has 1 aromatic heterocycles. The van der Waals surface area contributed by atoms with Crippen molar-refractivity contribution in [2.24, 2.45) is 5.73 Å². The third kappa shape index (κ3) is 2.97. The van der Waals surface area contributed by atoms with Crippen LogP contribution in [-0.4, -0.2) is 35.8 Å². The zero-order valence-electron chi connectivity index (χ0n) is 10.6. The van der Waals surface area contributed by atoms with Crippen molar-refractivity contribution < 1.29 is 4.74 Å². The monoisotopic (exact) mass is 265 g/mol. The van der Waals surface area contributed by atoms with E-state index in [1.54, 1.807) is 6.20 Å². The van der Waals surface area contributed by atoms with Gasteiger partial charge in [-0.15, -0.1) is 0 Å². The summed E-state index contributed by atoms with van der Waals surface area (Å²) >= 11 is 5.06. The molecule has 2 rings (SSSR count). The van der Waals surface area contributed by atoms with E-state index in [4.69, 9.17) is 22.7 Å². The maximum absolute atomic E-state index is 5.73. The predicted molar refractivity (Wildman–Crippen MR) is 77.0 cm³/mol. The highest BCUT2D eigenvalue weighted by atomic mass is 32.1. The van der Waals surface area contributed by atoms with Gasteiger partial charge >= 0.3 is 0 Å². The number of nitrogens with two attached hydrogens (primary N) is 1. The van der Waals surface area contributed by atoms with Crippen LogP contribution in [0.4, 0.5) is 5.69 Å². The van der Waals surface area contributed by atoms with Gasteiger partial charge in [-0.2, -0.15) is 0 Å². The maximum atomic E-state index is 5.73. The Kier molecular flexibility index (Phi) is 4.49. The van der Waals surface area contributed by atoms with Crippen LogP contribution in [0, 0.1) is 0 Å². The van der Waals surface area contributed by atoms with Crippen LogP contribution in [0.25, 0.3) is 0 Å². The smallest absolute Gasteiger partial charge is 0.124 e. The molecule has 1 fully saturated rings. The summed E-state index contributed by atoms with van der Waals surface area (Å²) in [6.45, 7) is 4.68. The van der Waals surface area contributed by atoms with E-state index in [2.05, 4.69) is 9.88 Å². The molecule has 0 aromatic carbocycles. The fourth-order valence-corrected chi connectivity index (χ4v) is 2.53. The van der Waals surface area contributed by atoms with Crippen molar-refractivity contribution in [2.45, 2.75) is 25.9 Å². The van der Waals surface area contributed by atoms with E-state index in [0.29, 0.717) is 16.8 Å². The molecular formula is C13H19N3OS. The van der Waals surface area contributed by atoms with Gasteiger partial charge in [0.2, 0.25) is 0 Å². The minimum Gasteiger partial charge on any atom is -0.388 e. The van der Waals surface area contributed by atoms with E-state index in [1.807, 2.05) is 19.1 Å². The van der Waals surface area contributed by atoms with Gasteiger partial charge in [0.05, 0.1) is 11.8 Å². The summed E-state index contributed by atoms with van der Waals surface area (Å²) in [5.74, 6) is 0. The average molecular weight is 265 g/mol. The molecule has 0 bridgehead atoms. The third-order valence-electron chi connectivity index (χ3n) is 3.14. The largest absolute Gasteiger partial charge is 0.388 e. The molecule has 18 heavy (non-hydrogen) atoms. The molecule has 0 amide bonds. The number of rotatable bonds is 4. The average Bonchev–Trinajstić information content (AvgIpc) is 2.39. The Morgan fingerprint density at radius 3 is 3.22 bits per heavy atom. The van der Waals surface area contributed by atoms with E-state index >= 15 is 0 Å². The van der Waals surface area contributed by atoms with Crippen molar-refractivity contribution in [1.29, 1.82) is 0 Å². The number of thiocarbonyl (C=S) groups is 1. The van der Waals surface area contributed by atoms with E-state index in [1.165, 1.54) is 0 Å². The Bertz CT molecular complexity index is 422. The molecule has 0 spiro atoms. The summed E-state index contributed by atoms with van der Waals surface area (Å²) in [5, 5.41) is 0. The number of pyridine rings is 1. The van der Waals surface area contributed by atoms with Crippen molar-refractivity contribution in [2.75, 3.05) is 24.6 Å². The molecule has 1 saturated heterocycles. The topological polar surface area (TPSA) is 51.4 Å². The molecule has 1 aliphatic rings. The van der Waals surface area contributed by atoms with Gasteiger partial charge in [0.1, 0.15) is 10.7 Å². The quantitative estimate of drug-likeness (QED) is 0.840. The van der Waals surface area contributed by atoms with Crippen LogP contribution < -0.4 is 10.6 Å². The molecule has 5 heteroatoms. The van der Waals surface area contributed by atoms with Gasteiger partial charge < -0.3 is 15.4 Å². The highest BCUT2D eigenvalue weighted by Crippen LogP contribution is 2.23. The first kappa shape index (κ1) is 13.2. The van der Waals surface area contributed by atoms with Crippen molar-refractivity contribution in [3.8, 4) is 0 Å². The van der Waals surface area contributed by atoms with Crippen LogP contribution in [0.15, 0.2) is 18.3 Å². The number of hydrogen-bond donors (Lipinski definition) is 1. The maximum Gasteiger partial charge on any atom is 0.124 e. The molecule has 1 unspecified atom stereocenters. The number of aromatic nitrogens is 1. The zero-order chi connectivity index (χ0) is 13.0. The highest BCUT2D eigenvalue weighted by molar-refractivity contribution is 7.80. The van der Waals surface area contributed by atoms with E-state index < -0.39 is 0 Å². The van der Waals surface area contributed by atoms with Crippen LogP contribution in [0.1, 0.15) is 25.5 Å². The van der Waals surface area contributed by atoms with E-state index in [0.717, 1.165) is 38.2 Å². The molecule has 1 aliphatic heterocycles. The van der Waals surface area contributed by atoms with E-state index in [-0.39, 0.29) is 0 Å². The Labute approximate surface area is 113 Å². The number of nitrogens with zero attached hydrogens (tertiary/aromatic N) is 2. The first-order valence-corrected chi connectivity index (χ1v) is 6.74. The second-order valence-electron chi connectivity index (χ2n) is 4.40. The fraction of sp³-hybridized carbons (Fsp3) is 0.538. The summed E-state index contributed by atoms with van der Waals surface area (Å²) in [6.07, 6.45) is 4.26. The summed E-state index contributed by atoms with van der Waals surface area (Å²) < 4.78 is 5.71. The second-order valence-corrected chi connectivity index (χ2v) is 4.84. The molecule has 2 N–H and O–H groups in total. The Morgan fingerprint density at radius 2 is 2.50 bits per heavy atom. The van der Waals surface area contributed by atoms with Gasteiger partial charge in [-0.3, -0.25) is 4.98 Å². The Hall–Kier alpha value is -1.20. The van der Waals surface area contributed by atoms with Crippen molar-refractivity contribution in [1.82, 2.24) is 4.98 Å². The molecular weight excluding hydrogens is 246 g/mol. The van der Waals surface area contributed by atoms with E-state index in [9.17, 15) is 0 Å². The first-order valence-electron chi connectivity index (χ1n) is 6.33. The number of hydrogen-bond acceptors (Lipinski definition) is 4. The minimum absolute atomic E-state index is 0.295. The Balaban J connectivity index is 2.18. The number of piperidine rings is 1. The van der Waals surface area contributed by atoms with Crippen LogP contribution in [0.5, 0.6) is 0 Å². The summed E-state index contributed by atoms with van der Waals surface area (Å²) in [5.41, 5.74) is 7.46. The number of anilines is 1. The standard InChI is InChI=1S/C13H19N3OS/c1-2-17-10-5-4-8-16(9-10)11-6-3-7-15-12(11)13(14)18/h3,6-7,10H,2,4-5,8-9H2,1H3,(H2,14,18). The lowest BCUT2D eigenvalue weighted by atomic mass is 10.1. The van der Waals surface area contributed by atoms with Gasteiger partial charge in [0.25, 0.3) is 0 Å². The molecule has 98 valence electrons. The second kappa shape index (κ2) is 6.11. The lowest BCUT2D eigenvalue weighted by molar-refractivity contribution is 0.0526. The molecule has 1 aromatic rings. The Morgan fingerprint density at radius 1 is 1.67 bits per heavy atom. The third-order valence-corrected chi connectivity index (χ3v) is 3.33. The van der Waals surface area contributed by atoms with Crippen molar-refractivity contribution in [3.05, 3.63) is 24.0 Å². The van der Waals surface area contributed by atoms with Gasteiger partial charge in [-0.05, 0) is 31.9 Å². The zero-order valence-corrected chi connectivity index (χ0v) is 11.4. The fourth-order valence-electron chi connectivity index (χ4n) is 2.37. The predicted octanol–water partition coefficient (Wildman–Crippen LogP) is 1.72. The molecule has 1 atom stereocenters. The molecule has 0 saturated carbocycles. The van der Waals surface area contributed by atoms with Gasteiger partial charge in [-0.25, -0.2) is 0 Å². The summed E-state index contributed by atoms with van der Waals surface area (Å²) in [7, 11) is 0. The van der Waals surface area contributed by atoms with Crippen LogP contribution >= 0.6 is 12.2 Å². The van der Waals surface area contributed by atoms with Gasteiger partial charge in [0.15, 0.2) is 0 Å².